The molecule has 2 aliphatic carbocycles. The van der Waals surface area contributed by atoms with E-state index in [1.54, 1.807) is 5.57 Å². The molecule has 122 valence electrons. The number of hydrogen-bond donors (Lipinski definition) is 0. The standard InChI is InChI=1S/C20H25NO2/c1-14-17-13-21(11-15-6-4-3-5-7-15)12-16(17)10-18(19(22)23-2)20(14)8-9-20/h3-7,14,18H,8-13H2,1-2H3/t14-,18-/m0/s1. The van der Waals surface area contributed by atoms with Crippen LogP contribution < -0.4 is 0 Å². The molecule has 0 bridgehead atoms. The van der Waals surface area contributed by atoms with E-state index in [0.717, 1.165) is 26.1 Å². The van der Waals surface area contributed by atoms with E-state index < -0.39 is 0 Å². The molecule has 0 amide bonds. The third-order valence-corrected chi connectivity index (χ3v) is 6.35. The van der Waals surface area contributed by atoms with E-state index in [1.807, 2.05) is 0 Å². The van der Waals surface area contributed by atoms with Gasteiger partial charge in [-0.15, -0.1) is 0 Å². The third-order valence-electron chi connectivity index (χ3n) is 6.35. The van der Waals surface area contributed by atoms with Gasteiger partial charge in [0.1, 0.15) is 0 Å². The highest BCUT2D eigenvalue weighted by atomic mass is 16.5. The first-order valence-electron chi connectivity index (χ1n) is 8.69. The molecule has 1 aromatic carbocycles. The van der Waals surface area contributed by atoms with Crippen LogP contribution in [0.5, 0.6) is 0 Å². The summed E-state index contributed by atoms with van der Waals surface area (Å²) in [5.41, 5.74) is 4.68. The van der Waals surface area contributed by atoms with Crippen molar-refractivity contribution in [3.63, 3.8) is 0 Å². The lowest BCUT2D eigenvalue weighted by Crippen LogP contribution is -2.36. The number of methoxy groups -OCH3 is 1. The zero-order valence-electron chi connectivity index (χ0n) is 14.0. The summed E-state index contributed by atoms with van der Waals surface area (Å²) in [5, 5.41) is 0. The third kappa shape index (κ3) is 2.42. The summed E-state index contributed by atoms with van der Waals surface area (Å²) in [6.07, 6.45) is 3.28. The highest BCUT2D eigenvalue weighted by Crippen LogP contribution is 2.64. The Balaban J connectivity index is 1.52. The molecule has 1 fully saturated rings. The summed E-state index contributed by atoms with van der Waals surface area (Å²) in [6, 6.07) is 10.7. The second-order valence-corrected chi connectivity index (χ2v) is 7.49. The molecule has 3 aliphatic rings. The monoisotopic (exact) mass is 311 g/mol. The summed E-state index contributed by atoms with van der Waals surface area (Å²) in [7, 11) is 1.53. The van der Waals surface area contributed by atoms with Crippen molar-refractivity contribution in [2.75, 3.05) is 20.2 Å². The van der Waals surface area contributed by atoms with Crippen LogP contribution in [0.1, 0.15) is 31.7 Å². The van der Waals surface area contributed by atoms with E-state index in [9.17, 15) is 4.79 Å². The van der Waals surface area contributed by atoms with Gasteiger partial charge in [0, 0.05) is 19.6 Å². The van der Waals surface area contributed by atoms with Gasteiger partial charge in [-0.2, -0.15) is 0 Å². The molecule has 1 saturated carbocycles. The van der Waals surface area contributed by atoms with Crippen LogP contribution in [0.25, 0.3) is 0 Å². The van der Waals surface area contributed by atoms with Crippen LogP contribution in [0.4, 0.5) is 0 Å². The van der Waals surface area contributed by atoms with E-state index in [4.69, 9.17) is 4.74 Å². The summed E-state index contributed by atoms with van der Waals surface area (Å²) >= 11 is 0. The number of rotatable bonds is 3. The Hall–Kier alpha value is -1.61. The minimum atomic E-state index is 0.00223. The molecule has 0 aromatic heterocycles. The highest BCUT2D eigenvalue weighted by molar-refractivity contribution is 5.75. The fraction of sp³-hybridized carbons (Fsp3) is 0.550. The van der Waals surface area contributed by atoms with Crippen LogP contribution in [0, 0.1) is 17.3 Å². The molecule has 0 radical (unpaired) electrons. The number of hydrogen-bond acceptors (Lipinski definition) is 3. The van der Waals surface area contributed by atoms with Gasteiger partial charge < -0.3 is 4.74 Å². The molecule has 0 unspecified atom stereocenters. The van der Waals surface area contributed by atoms with E-state index >= 15 is 0 Å². The van der Waals surface area contributed by atoms with Crippen molar-refractivity contribution in [1.82, 2.24) is 4.90 Å². The van der Waals surface area contributed by atoms with E-state index in [1.165, 1.54) is 31.1 Å². The molecular formula is C20H25NO2. The molecule has 23 heavy (non-hydrogen) atoms. The zero-order chi connectivity index (χ0) is 16.0. The molecule has 1 heterocycles. The number of ether oxygens (including phenoxy) is 1. The Kier molecular flexibility index (Phi) is 3.56. The van der Waals surface area contributed by atoms with Crippen LogP contribution in [-0.2, 0) is 16.1 Å². The highest BCUT2D eigenvalue weighted by Gasteiger charge is 2.60. The fourth-order valence-corrected chi connectivity index (χ4v) is 4.86. The minimum Gasteiger partial charge on any atom is -0.469 e. The molecule has 3 heteroatoms. The lowest BCUT2D eigenvalue weighted by molar-refractivity contribution is -0.149. The molecule has 1 aromatic rings. The van der Waals surface area contributed by atoms with Crippen molar-refractivity contribution < 1.29 is 9.53 Å². The lowest BCUT2D eigenvalue weighted by Gasteiger charge is -2.36. The van der Waals surface area contributed by atoms with Gasteiger partial charge in [-0.1, -0.05) is 48.4 Å². The molecule has 1 aliphatic heterocycles. The first-order chi connectivity index (χ1) is 11.1. The Labute approximate surface area is 138 Å². The van der Waals surface area contributed by atoms with Gasteiger partial charge >= 0.3 is 5.97 Å². The van der Waals surface area contributed by atoms with E-state index in [2.05, 4.69) is 42.2 Å². The van der Waals surface area contributed by atoms with Crippen molar-refractivity contribution in [1.29, 1.82) is 0 Å². The van der Waals surface area contributed by atoms with Gasteiger partial charge in [0.25, 0.3) is 0 Å². The van der Waals surface area contributed by atoms with Gasteiger partial charge in [-0.25, -0.2) is 0 Å². The van der Waals surface area contributed by atoms with Crippen molar-refractivity contribution >= 4 is 5.97 Å². The van der Waals surface area contributed by atoms with Crippen molar-refractivity contribution in [2.24, 2.45) is 17.3 Å². The van der Waals surface area contributed by atoms with Crippen LogP contribution in [0.3, 0.4) is 0 Å². The Morgan fingerprint density at radius 3 is 2.65 bits per heavy atom. The maximum absolute atomic E-state index is 12.3. The molecule has 1 spiro atoms. The number of benzene rings is 1. The minimum absolute atomic E-state index is 0.00223. The summed E-state index contributed by atoms with van der Waals surface area (Å²) in [4.78, 5) is 14.8. The number of nitrogens with zero attached hydrogens (tertiary/aromatic N) is 1. The average Bonchev–Trinajstić information content (AvgIpc) is 3.26. The largest absolute Gasteiger partial charge is 0.469 e. The SMILES string of the molecule is COC(=O)[C@@H]1CC2=C(CN(Cc3ccccc3)C2)[C@H](C)C12CC2. The Bertz CT molecular complexity index is 645. The lowest BCUT2D eigenvalue weighted by atomic mass is 9.67. The normalized spacial score (nSPS) is 28.8. The van der Waals surface area contributed by atoms with E-state index in [-0.39, 0.29) is 17.3 Å². The van der Waals surface area contributed by atoms with Crippen LogP contribution in [-0.4, -0.2) is 31.1 Å². The second kappa shape index (κ2) is 5.48. The summed E-state index contributed by atoms with van der Waals surface area (Å²) < 4.78 is 5.11. The first-order valence-corrected chi connectivity index (χ1v) is 8.69. The topological polar surface area (TPSA) is 29.5 Å². The fourth-order valence-electron chi connectivity index (χ4n) is 4.86. The smallest absolute Gasteiger partial charge is 0.309 e. The van der Waals surface area contributed by atoms with Crippen molar-refractivity contribution in [2.45, 2.75) is 32.7 Å². The van der Waals surface area contributed by atoms with Gasteiger partial charge in [-0.3, -0.25) is 9.69 Å². The molecular weight excluding hydrogens is 286 g/mol. The summed E-state index contributed by atoms with van der Waals surface area (Å²) in [5.74, 6) is 0.608. The predicted molar refractivity (Wildman–Crippen MR) is 89.7 cm³/mol. The van der Waals surface area contributed by atoms with Gasteiger partial charge in [-0.05, 0) is 36.2 Å². The quantitative estimate of drug-likeness (QED) is 0.633. The number of esters is 1. The maximum atomic E-state index is 12.3. The molecule has 0 N–H and O–H groups in total. The maximum Gasteiger partial charge on any atom is 0.309 e. The Morgan fingerprint density at radius 2 is 2.00 bits per heavy atom. The van der Waals surface area contributed by atoms with Gasteiger partial charge in [0.15, 0.2) is 0 Å². The van der Waals surface area contributed by atoms with Crippen molar-refractivity contribution in [3.8, 4) is 0 Å². The van der Waals surface area contributed by atoms with Crippen LogP contribution >= 0.6 is 0 Å². The molecule has 0 saturated heterocycles. The number of carbonyl (C=O) groups is 1. The Morgan fingerprint density at radius 1 is 1.26 bits per heavy atom. The van der Waals surface area contributed by atoms with Crippen molar-refractivity contribution in [3.05, 3.63) is 47.0 Å². The van der Waals surface area contributed by atoms with Crippen LogP contribution in [0.15, 0.2) is 41.5 Å². The van der Waals surface area contributed by atoms with Crippen LogP contribution in [0.2, 0.25) is 0 Å². The predicted octanol–water partition coefficient (Wildman–Crippen LogP) is 3.41. The van der Waals surface area contributed by atoms with E-state index in [0.29, 0.717) is 5.92 Å². The number of carbonyl (C=O) groups excluding carboxylic acids is 1. The van der Waals surface area contributed by atoms with Gasteiger partial charge in [0.2, 0.25) is 0 Å². The van der Waals surface area contributed by atoms with Gasteiger partial charge in [0.05, 0.1) is 13.0 Å². The molecule has 4 rings (SSSR count). The second-order valence-electron chi connectivity index (χ2n) is 7.49. The average molecular weight is 311 g/mol. The first kappa shape index (κ1) is 14.9. The molecule has 3 nitrogen and oxygen atoms in total. The summed E-state index contributed by atoms with van der Waals surface area (Å²) in [6.45, 7) is 5.42. The zero-order valence-corrected chi connectivity index (χ0v) is 14.0. The molecule has 2 atom stereocenters.